The maximum Gasteiger partial charge on any atom is 0.387 e. The molecule has 1 aliphatic carbocycles. The standard InChI is InChI=1S/C15H22F2N2O/c1-15(10-18,19-12-4-5-12)9-8-11-2-6-13(7-3-11)20-14(16)17/h2-3,6-7,12,14,19H,4-5,8-10,18H2,1H3. The summed E-state index contributed by atoms with van der Waals surface area (Å²) in [7, 11) is 0. The van der Waals surface area contributed by atoms with Crippen LogP contribution in [0.4, 0.5) is 8.78 Å². The molecule has 1 saturated carbocycles. The van der Waals surface area contributed by atoms with E-state index in [4.69, 9.17) is 5.73 Å². The second kappa shape index (κ2) is 6.50. The molecule has 20 heavy (non-hydrogen) atoms. The molecule has 0 radical (unpaired) electrons. The number of nitrogens with one attached hydrogen (secondary N) is 1. The van der Waals surface area contributed by atoms with E-state index in [9.17, 15) is 8.78 Å². The largest absolute Gasteiger partial charge is 0.435 e. The lowest BCUT2D eigenvalue weighted by atomic mass is 9.93. The summed E-state index contributed by atoms with van der Waals surface area (Å²) in [6.07, 6.45) is 4.25. The molecule has 0 spiro atoms. The Morgan fingerprint density at radius 2 is 2.00 bits per heavy atom. The zero-order valence-electron chi connectivity index (χ0n) is 11.7. The second-order valence-electron chi connectivity index (χ2n) is 5.71. The average Bonchev–Trinajstić information content (AvgIpc) is 3.21. The predicted molar refractivity (Wildman–Crippen MR) is 75.0 cm³/mol. The molecule has 1 aromatic rings. The second-order valence-corrected chi connectivity index (χ2v) is 5.71. The van der Waals surface area contributed by atoms with Crippen molar-refractivity contribution in [3.8, 4) is 5.75 Å². The van der Waals surface area contributed by atoms with E-state index in [2.05, 4.69) is 17.0 Å². The van der Waals surface area contributed by atoms with Crippen molar-refractivity contribution in [3.05, 3.63) is 29.8 Å². The third-order valence-electron chi connectivity index (χ3n) is 3.69. The van der Waals surface area contributed by atoms with Gasteiger partial charge in [-0.15, -0.1) is 0 Å². The van der Waals surface area contributed by atoms with Crippen LogP contribution in [0.3, 0.4) is 0 Å². The molecule has 0 saturated heterocycles. The van der Waals surface area contributed by atoms with Gasteiger partial charge in [0.2, 0.25) is 0 Å². The van der Waals surface area contributed by atoms with Crippen molar-refractivity contribution in [2.75, 3.05) is 6.54 Å². The fourth-order valence-corrected chi connectivity index (χ4v) is 2.21. The van der Waals surface area contributed by atoms with Crippen LogP contribution in [0.5, 0.6) is 5.75 Å². The Morgan fingerprint density at radius 1 is 1.35 bits per heavy atom. The minimum absolute atomic E-state index is 0.0562. The summed E-state index contributed by atoms with van der Waals surface area (Å²) in [6, 6.07) is 7.42. The van der Waals surface area contributed by atoms with Crippen molar-refractivity contribution < 1.29 is 13.5 Å². The lowest BCUT2D eigenvalue weighted by molar-refractivity contribution is -0.0498. The van der Waals surface area contributed by atoms with Gasteiger partial charge in [0.1, 0.15) is 5.75 Å². The molecule has 0 aromatic heterocycles. The normalized spacial score (nSPS) is 18.1. The van der Waals surface area contributed by atoms with Crippen LogP contribution < -0.4 is 15.8 Å². The van der Waals surface area contributed by atoms with Crippen LogP contribution in [0.1, 0.15) is 31.7 Å². The number of ether oxygens (including phenoxy) is 1. The van der Waals surface area contributed by atoms with Crippen LogP contribution >= 0.6 is 0 Å². The number of hydrogen-bond donors (Lipinski definition) is 2. The number of halogens is 2. The maximum absolute atomic E-state index is 12.1. The fraction of sp³-hybridized carbons (Fsp3) is 0.600. The Balaban J connectivity index is 1.85. The van der Waals surface area contributed by atoms with Gasteiger partial charge in [-0.1, -0.05) is 12.1 Å². The lowest BCUT2D eigenvalue weighted by Gasteiger charge is -2.30. The Kier molecular flexibility index (Phi) is 4.94. The van der Waals surface area contributed by atoms with Crippen LogP contribution in [-0.4, -0.2) is 24.7 Å². The Labute approximate surface area is 118 Å². The highest BCUT2D eigenvalue weighted by Crippen LogP contribution is 2.25. The maximum atomic E-state index is 12.1. The van der Waals surface area contributed by atoms with E-state index in [1.807, 2.05) is 12.1 Å². The van der Waals surface area contributed by atoms with E-state index in [0.717, 1.165) is 18.4 Å². The Morgan fingerprint density at radius 3 is 2.50 bits per heavy atom. The number of alkyl halides is 2. The first-order valence-corrected chi connectivity index (χ1v) is 7.02. The molecule has 1 aromatic carbocycles. The van der Waals surface area contributed by atoms with Gasteiger partial charge in [0.25, 0.3) is 0 Å². The molecule has 1 aliphatic rings. The van der Waals surface area contributed by atoms with Gasteiger partial charge in [0.05, 0.1) is 0 Å². The van der Waals surface area contributed by atoms with Crippen LogP contribution in [0.25, 0.3) is 0 Å². The lowest BCUT2D eigenvalue weighted by Crippen LogP contribution is -2.50. The summed E-state index contributed by atoms with van der Waals surface area (Å²) in [6.45, 7) is -0.0421. The summed E-state index contributed by atoms with van der Waals surface area (Å²) in [5.41, 5.74) is 6.90. The van der Waals surface area contributed by atoms with Gasteiger partial charge in [0.15, 0.2) is 0 Å². The van der Waals surface area contributed by atoms with Gasteiger partial charge in [0, 0.05) is 18.1 Å². The summed E-state index contributed by atoms with van der Waals surface area (Å²) in [5.74, 6) is 0.196. The van der Waals surface area contributed by atoms with Crippen molar-refractivity contribution in [2.45, 2.75) is 50.8 Å². The molecule has 3 nitrogen and oxygen atoms in total. The molecule has 0 aliphatic heterocycles. The molecule has 112 valence electrons. The topological polar surface area (TPSA) is 47.3 Å². The average molecular weight is 284 g/mol. The van der Waals surface area contributed by atoms with Gasteiger partial charge < -0.3 is 15.8 Å². The van der Waals surface area contributed by atoms with Crippen molar-refractivity contribution in [1.82, 2.24) is 5.32 Å². The molecule has 5 heteroatoms. The van der Waals surface area contributed by atoms with E-state index in [1.54, 1.807) is 12.1 Å². The van der Waals surface area contributed by atoms with Crippen molar-refractivity contribution in [1.29, 1.82) is 0 Å². The van der Waals surface area contributed by atoms with Gasteiger partial charge in [-0.3, -0.25) is 0 Å². The van der Waals surface area contributed by atoms with Crippen molar-refractivity contribution in [2.24, 2.45) is 5.73 Å². The van der Waals surface area contributed by atoms with E-state index in [-0.39, 0.29) is 11.3 Å². The molecule has 1 atom stereocenters. The minimum Gasteiger partial charge on any atom is -0.435 e. The number of aryl methyl sites for hydroxylation is 1. The van der Waals surface area contributed by atoms with E-state index in [1.165, 1.54) is 12.8 Å². The molecule has 2 rings (SSSR count). The van der Waals surface area contributed by atoms with Crippen molar-refractivity contribution in [3.63, 3.8) is 0 Å². The van der Waals surface area contributed by atoms with Gasteiger partial charge in [-0.05, 0) is 50.3 Å². The third-order valence-corrected chi connectivity index (χ3v) is 3.69. The molecular formula is C15H22F2N2O. The molecular weight excluding hydrogens is 262 g/mol. The monoisotopic (exact) mass is 284 g/mol. The SMILES string of the molecule is CC(CN)(CCc1ccc(OC(F)F)cc1)NC1CC1. The van der Waals surface area contributed by atoms with Crippen LogP contribution in [0, 0.1) is 0 Å². The predicted octanol–water partition coefficient (Wildman–Crippen LogP) is 2.69. The quantitative estimate of drug-likeness (QED) is 0.771. The minimum atomic E-state index is -2.77. The molecule has 0 heterocycles. The number of hydrogen-bond acceptors (Lipinski definition) is 3. The Hall–Kier alpha value is -1.20. The van der Waals surface area contributed by atoms with E-state index < -0.39 is 6.61 Å². The van der Waals surface area contributed by atoms with Gasteiger partial charge in [-0.2, -0.15) is 8.78 Å². The highest BCUT2D eigenvalue weighted by atomic mass is 19.3. The molecule has 1 fully saturated rings. The number of rotatable bonds is 8. The van der Waals surface area contributed by atoms with Gasteiger partial charge >= 0.3 is 6.61 Å². The van der Waals surface area contributed by atoms with Crippen molar-refractivity contribution >= 4 is 0 Å². The van der Waals surface area contributed by atoms with E-state index in [0.29, 0.717) is 12.6 Å². The number of benzene rings is 1. The van der Waals surface area contributed by atoms with Gasteiger partial charge in [-0.25, -0.2) is 0 Å². The fourth-order valence-electron chi connectivity index (χ4n) is 2.21. The summed E-state index contributed by atoms with van der Waals surface area (Å²) < 4.78 is 28.4. The third kappa shape index (κ3) is 4.72. The molecule has 0 amide bonds. The van der Waals surface area contributed by atoms with Crippen LogP contribution in [0.2, 0.25) is 0 Å². The number of nitrogens with two attached hydrogens (primary N) is 1. The highest BCUT2D eigenvalue weighted by Gasteiger charge is 2.30. The zero-order chi connectivity index (χ0) is 14.6. The van der Waals surface area contributed by atoms with Crippen LogP contribution in [0.15, 0.2) is 24.3 Å². The van der Waals surface area contributed by atoms with E-state index >= 15 is 0 Å². The molecule has 1 unspecified atom stereocenters. The molecule has 3 N–H and O–H groups in total. The summed E-state index contributed by atoms with van der Waals surface area (Å²) >= 11 is 0. The summed E-state index contributed by atoms with van der Waals surface area (Å²) in [5, 5.41) is 3.58. The zero-order valence-corrected chi connectivity index (χ0v) is 11.7. The molecule has 0 bridgehead atoms. The summed E-state index contributed by atoms with van der Waals surface area (Å²) in [4.78, 5) is 0. The highest BCUT2D eigenvalue weighted by molar-refractivity contribution is 5.27. The first-order valence-electron chi connectivity index (χ1n) is 7.02. The first-order chi connectivity index (χ1) is 9.50. The Bertz CT molecular complexity index is 420. The van der Waals surface area contributed by atoms with Crippen LogP contribution in [-0.2, 0) is 6.42 Å². The first kappa shape index (κ1) is 15.2. The smallest absolute Gasteiger partial charge is 0.387 e.